The van der Waals surface area contributed by atoms with Gasteiger partial charge in [-0.2, -0.15) is 0 Å². The average molecular weight is 653 g/mol. The van der Waals surface area contributed by atoms with Crippen molar-refractivity contribution in [1.82, 2.24) is 0 Å². The third kappa shape index (κ3) is 41.1. The highest BCUT2D eigenvalue weighted by atomic mass is 16.6. The molecule has 0 saturated heterocycles. The molecule has 0 unspecified atom stereocenters. The lowest BCUT2D eigenvalue weighted by Crippen LogP contribution is -2.15. The molecule has 0 aromatic heterocycles. The molecule has 0 atom stereocenters. The fraction of sp³-hybridized carbons (Fsp3) is 0.971. The highest BCUT2D eigenvalue weighted by Crippen LogP contribution is 2.13. The molecule has 1 N–H and O–H groups in total. The second-order valence-corrected chi connectivity index (χ2v) is 10.8. The van der Waals surface area contributed by atoms with Gasteiger partial charge < -0.3 is 47.7 Å². The smallest absolute Gasteiger partial charge is 0.305 e. The maximum absolute atomic E-state index is 11.8. The van der Waals surface area contributed by atoms with Crippen LogP contribution in [0.15, 0.2) is 0 Å². The monoisotopic (exact) mass is 652 g/mol. The van der Waals surface area contributed by atoms with Crippen molar-refractivity contribution in [3.8, 4) is 0 Å². The topological polar surface area (TPSA) is 120 Å². The highest BCUT2D eigenvalue weighted by Gasteiger charge is 2.03. The Hall–Kier alpha value is -0.890. The van der Waals surface area contributed by atoms with Gasteiger partial charge in [0.25, 0.3) is 0 Å². The zero-order valence-corrected chi connectivity index (χ0v) is 28.7. The molecule has 0 radical (unpaired) electrons. The third-order valence-electron chi connectivity index (χ3n) is 6.81. The zero-order chi connectivity index (χ0) is 32.6. The van der Waals surface area contributed by atoms with E-state index < -0.39 is 0 Å². The van der Waals surface area contributed by atoms with E-state index >= 15 is 0 Å². The molecule has 270 valence electrons. The molecule has 0 fully saturated rings. The summed E-state index contributed by atoms with van der Waals surface area (Å²) < 4.78 is 48.3. The Bertz CT molecular complexity index is 554. The fourth-order valence-corrected chi connectivity index (χ4v) is 4.28. The van der Waals surface area contributed by atoms with E-state index in [0.29, 0.717) is 119 Å². The standard InChI is InChI=1S/C34H68O11/c1-2-3-4-5-6-7-8-9-10-11-12-13-14-15-34(36)45-33-32-44-31-30-43-29-28-42-27-26-41-25-24-40-23-22-39-21-20-38-19-18-37-17-16-35/h35H,2-33H2,1H3. The van der Waals surface area contributed by atoms with Crippen molar-refractivity contribution in [2.75, 3.05) is 119 Å². The molecule has 0 aliphatic heterocycles. The summed E-state index contributed by atoms with van der Waals surface area (Å²) in [6.45, 7) is 10.2. The molecule has 0 aliphatic rings. The summed E-state index contributed by atoms with van der Waals surface area (Å²) >= 11 is 0. The number of esters is 1. The molecule has 45 heavy (non-hydrogen) atoms. The second-order valence-electron chi connectivity index (χ2n) is 10.8. The van der Waals surface area contributed by atoms with Gasteiger partial charge in [-0.05, 0) is 6.42 Å². The number of aliphatic hydroxyl groups excluding tert-OH is 1. The minimum absolute atomic E-state index is 0.0258. The van der Waals surface area contributed by atoms with Gasteiger partial charge in [0, 0.05) is 6.42 Å². The number of aliphatic hydroxyl groups is 1. The van der Waals surface area contributed by atoms with Gasteiger partial charge in [-0.1, -0.05) is 84.0 Å². The normalized spacial score (nSPS) is 11.4. The molecular weight excluding hydrogens is 584 g/mol. The lowest BCUT2D eigenvalue weighted by molar-refractivity contribution is -0.145. The Morgan fingerprint density at radius 3 is 0.956 bits per heavy atom. The molecule has 0 rings (SSSR count). The van der Waals surface area contributed by atoms with Crippen molar-refractivity contribution in [1.29, 1.82) is 0 Å². The summed E-state index contributed by atoms with van der Waals surface area (Å²) in [4.78, 5) is 11.8. The van der Waals surface area contributed by atoms with Gasteiger partial charge in [-0.25, -0.2) is 0 Å². The summed E-state index contributed by atoms with van der Waals surface area (Å²) in [5.41, 5.74) is 0. The molecule has 0 saturated carbocycles. The molecular formula is C34H68O11. The largest absolute Gasteiger partial charge is 0.463 e. The molecule has 11 heteroatoms. The van der Waals surface area contributed by atoms with Crippen LogP contribution in [0.5, 0.6) is 0 Å². The number of unbranched alkanes of at least 4 members (excludes halogenated alkanes) is 12. The predicted octanol–water partition coefficient (Wildman–Crippen LogP) is 5.14. The van der Waals surface area contributed by atoms with Crippen molar-refractivity contribution in [2.45, 2.75) is 96.8 Å². The van der Waals surface area contributed by atoms with E-state index in [4.69, 9.17) is 47.7 Å². The second kappa shape index (κ2) is 41.1. The number of ether oxygens (including phenoxy) is 9. The van der Waals surface area contributed by atoms with Crippen LogP contribution in [0.3, 0.4) is 0 Å². The predicted molar refractivity (Wildman–Crippen MR) is 175 cm³/mol. The van der Waals surface area contributed by atoms with Gasteiger partial charge in [0.1, 0.15) is 6.61 Å². The highest BCUT2D eigenvalue weighted by molar-refractivity contribution is 5.69. The van der Waals surface area contributed by atoms with Crippen molar-refractivity contribution in [3.63, 3.8) is 0 Å². The summed E-state index contributed by atoms with van der Waals surface area (Å²) in [6.07, 6.45) is 17.3. The minimum Gasteiger partial charge on any atom is -0.463 e. The van der Waals surface area contributed by atoms with Crippen LogP contribution in [0.25, 0.3) is 0 Å². The number of hydrogen-bond acceptors (Lipinski definition) is 11. The number of carbonyl (C=O) groups is 1. The van der Waals surface area contributed by atoms with E-state index in [9.17, 15) is 4.79 Å². The first-order valence-corrected chi connectivity index (χ1v) is 17.7. The summed E-state index contributed by atoms with van der Waals surface area (Å²) in [6, 6.07) is 0. The summed E-state index contributed by atoms with van der Waals surface area (Å²) in [5.74, 6) is -0.131. The lowest BCUT2D eigenvalue weighted by atomic mass is 10.0. The van der Waals surface area contributed by atoms with Gasteiger partial charge in [0.15, 0.2) is 0 Å². The van der Waals surface area contributed by atoms with Gasteiger partial charge in [-0.3, -0.25) is 4.79 Å². The van der Waals surface area contributed by atoms with Crippen molar-refractivity contribution < 1.29 is 52.5 Å². The van der Waals surface area contributed by atoms with Crippen molar-refractivity contribution in [3.05, 3.63) is 0 Å². The molecule has 11 nitrogen and oxygen atoms in total. The quantitative estimate of drug-likeness (QED) is 0.0700. The number of rotatable bonds is 40. The average Bonchev–Trinajstić information content (AvgIpc) is 3.05. The Morgan fingerprint density at radius 1 is 0.378 bits per heavy atom. The summed E-state index contributed by atoms with van der Waals surface area (Å²) in [5, 5.41) is 8.58. The van der Waals surface area contributed by atoms with E-state index in [0.717, 1.165) is 12.8 Å². The molecule has 0 bridgehead atoms. The lowest BCUT2D eigenvalue weighted by Gasteiger charge is -2.09. The van der Waals surface area contributed by atoms with Gasteiger partial charge in [0.2, 0.25) is 0 Å². The van der Waals surface area contributed by atoms with Gasteiger partial charge >= 0.3 is 5.97 Å². The first kappa shape index (κ1) is 44.1. The van der Waals surface area contributed by atoms with Crippen LogP contribution in [-0.4, -0.2) is 130 Å². The van der Waals surface area contributed by atoms with Crippen molar-refractivity contribution >= 4 is 5.97 Å². The maximum Gasteiger partial charge on any atom is 0.305 e. The van der Waals surface area contributed by atoms with E-state index in [2.05, 4.69) is 6.92 Å². The van der Waals surface area contributed by atoms with Crippen LogP contribution < -0.4 is 0 Å². The van der Waals surface area contributed by atoms with Gasteiger partial charge in [0.05, 0.1) is 112 Å². The molecule has 0 aliphatic carbocycles. The molecule has 0 amide bonds. The Labute approximate surface area is 274 Å². The zero-order valence-electron chi connectivity index (χ0n) is 28.7. The van der Waals surface area contributed by atoms with Crippen LogP contribution in [0.1, 0.15) is 96.8 Å². The van der Waals surface area contributed by atoms with Crippen LogP contribution in [0.2, 0.25) is 0 Å². The molecule has 0 heterocycles. The SMILES string of the molecule is CCCCCCCCCCCCCCCC(=O)OCCOCCOCCOCCOCCOCCOCCOCCOCCO. The first-order valence-electron chi connectivity index (χ1n) is 17.7. The summed E-state index contributed by atoms with van der Waals surface area (Å²) in [7, 11) is 0. The third-order valence-corrected chi connectivity index (χ3v) is 6.81. The maximum atomic E-state index is 11.8. The van der Waals surface area contributed by atoms with E-state index in [1.807, 2.05) is 0 Å². The Morgan fingerprint density at radius 2 is 0.644 bits per heavy atom. The number of hydrogen-bond donors (Lipinski definition) is 1. The number of carbonyl (C=O) groups excluding carboxylic acids is 1. The van der Waals surface area contributed by atoms with Crippen molar-refractivity contribution in [2.24, 2.45) is 0 Å². The Kier molecular flexibility index (Phi) is 40.3. The molecule has 0 aromatic carbocycles. The Balaban J connectivity index is 3.12. The minimum atomic E-state index is -0.131. The fourth-order valence-electron chi connectivity index (χ4n) is 4.28. The van der Waals surface area contributed by atoms with Crippen LogP contribution in [0, 0.1) is 0 Å². The van der Waals surface area contributed by atoms with Crippen LogP contribution in [-0.2, 0) is 47.4 Å². The van der Waals surface area contributed by atoms with E-state index in [-0.39, 0.29) is 12.6 Å². The van der Waals surface area contributed by atoms with Gasteiger partial charge in [-0.15, -0.1) is 0 Å². The molecule has 0 spiro atoms. The van der Waals surface area contributed by atoms with E-state index in [1.165, 1.54) is 70.6 Å². The molecule has 0 aromatic rings. The first-order chi connectivity index (χ1) is 22.3. The van der Waals surface area contributed by atoms with E-state index in [1.54, 1.807) is 0 Å². The van der Waals surface area contributed by atoms with Crippen LogP contribution in [0.4, 0.5) is 0 Å². The van der Waals surface area contributed by atoms with Crippen LogP contribution >= 0.6 is 0 Å².